The summed E-state index contributed by atoms with van der Waals surface area (Å²) in [5.74, 6) is -0.482. The molecule has 0 saturated carbocycles. The van der Waals surface area contributed by atoms with E-state index in [4.69, 9.17) is 11.5 Å². The van der Waals surface area contributed by atoms with Gasteiger partial charge in [0.25, 0.3) is 5.91 Å². The highest BCUT2D eigenvalue weighted by atomic mass is 16.1. The summed E-state index contributed by atoms with van der Waals surface area (Å²) >= 11 is 0. The molecule has 110 valence electrons. The Balaban J connectivity index is 1.98. The van der Waals surface area contributed by atoms with Crippen LogP contribution in [0.2, 0.25) is 0 Å². The van der Waals surface area contributed by atoms with Crippen LogP contribution in [-0.2, 0) is 0 Å². The number of piperidine rings is 1. The van der Waals surface area contributed by atoms with Crippen LogP contribution in [-0.4, -0.2) is 36.5 Å². The Kier molecular flexibility index (Phi) is 4.84. The van der Waals surface area contributed by atoms with Gasteiger partial charge in [-0.05, 0) is 37.9 Å². The molecule has 1 aromatic rings. The average molecular weight is 276 g/mol. The Morgan fingerprint density at radius 2 is 2.10 bits per heavy atom. The molecule has 20 heavy (non-hydrogen) atoms. The number of para-hydroxylation sites is 1. The maximum Gasteiger partial charge on any atom is 0.250 e. The first-order valence-corrected chi connectivity index (χ1v) is 7.29. The molecule has 1 saturated heterocycles. The third-order valence-electron chi connectivity index (χ3n) is 3.86. The average Bonchev–Trinajstić information content (AvgIpc) is 2.43. The molecule has 0 bridgehead atoms. The summed E-state index contributed by atoms with van der Waals surface area (Å²) in [6, 6.07) is 5.78. The van der Waals surface area contributed by atoms with Crippen molar-refractivity contribution < 1.29 is 4.79 Å². The van der Waals surface area contributed by atoms with Gasteiger partial charge in [0.2, 0.25) is 0 Å². The number of amides is 1. The fraction of sp³-hybridized carbons (Fsp3) is 0.533. The van der Waals surface area contributed by atoms with Gasteiger partial charge < -0.3 is 21.7 Å². The molecule has 1 aliphatic heterocycles. The van der Waals surface area contributed by atoms with Gasteiger partial charge in [-0.3, -0.25) is 4.79 Å². The van der Waals surface area contributed by atoms with Gasteiger partial charge in [0.15, 0.2) is 0 Å². The van der Waals surface area contributed by atoms with E-state index in [1.165, 1.54) is 13.0 Å². The van der Waals surface area contributed by atoms with Crippen molar-refractivity contribution >= 4 is 17.3 Å². The van der Waals surface area contributed by atoms with E-state index in [-0.39, 0.29) is 0 Å². The topological polar surface area (TPSA) is 84.4 Å². The lowest BCUT2D eigenvalue weighted by molar-refractivity contribution is 0.100. The molecular formula is C15H24N4O. The second kappa shape index (κ2) is 6.61. The van der Waals surface area contributed by atoms with Gasteiger partial charge in [0, 0.05) is 19.1 Å². The van der Waals surface area contributed by atoms with Crippen molar-refractivity contribution in [2.24, 2.45) is 5.73 Å². The highest BCUT2D eigenvalue weighted by Crippen LogP contribution is 2.25. The third kappa shape index (κ3) is 3.42. The number of nitrogen functional groups attached to an aromatic ring is 1. The lowest BCUT2D eigenvalue weighted by atomic mass is 10.0. The first-order valence-electron chi connectivity index (χ1n) is 7.29. The van der Waals surface area contributed by atoms with Gasteiger partial charge in [-0.15, -0.1) is 0 Å². The number of anilines is 2. The number of carbonyl (C=O) groups is 1. The summed E-state index contributed by atoms with van der Waals surface area (Å²) < 4.78 is 0. The van der Waals surface area contributed by atoms with Crippen LogP contribution < -0.4 is 16.8 Å². The van der Waals surface area contributed by atoms with Gasteiger partial charge in [0.1, 0.15) is 0 Å². The number of rotatable bonds is 5. The van der Waals surface area contributed by atoms with Crippen molar-refractivity contribution in [3.63, 3.8) is 0 Å². The molecule has 1 fully saturated rings. The van der Waals surface area contributed by atoms with Crippen molar-refractivity contribution in [2.45, 2.75) is 32.2 Å². The van der Waals surface area contributed by atoms with E-state index >= 15 is 0 Å². The molecule has 0 atom stereocenters. The Morgan fingerprint density at radius 3 is 2.70 bits per heavy atom. The van der Waals surface area contributed by atoms with Crippen LogP contribution in [0.3, 0.4) is 0 Å². The zero-order valence-electron chi connectivity index (χ0n) is 12.1. The van der Waals surface area contributed by atoms with E-state index in [0.717, 1.165) is 31.6 Å². The molecule has 5 N–H and O–H groups in total. The number of primary amides is 1. The summed E-state index contributed by atoms with van der Waals surface area (Å²) in [5.41, 5.74) is 13.0. The number of nitrogens with one attached hydrogen (secondary N) is 1. The number of hydrogen-bond donors (Lipinski definition) is 3. The normalized spacial score (nSPS) is 17.1. The van der Waals surface area contributed by atoms with Crippen LogP contribution in [0, 0.1) is 0 Å². The Bertz CT molecular complexity index is 467. The molecule has 0 unspecified atom stereocenters. The predicted molar refractivity (Wildman–Crippen MR) is 82.7 cm³/mol. The van der Waals surface area contributed by atoms with E-state index in [0.29, 0.717) is 17.3 Å². The van der Waals surface area contributed by atoms with Gasteiger partial charge in [0.05, 0.1) is 16.9 Å². The van der Waals surface area contributed by atoms with Crippen molar-refractivity contribution in [3.8, 4) is 0 Å². The summed E-state index contributed by atoms with van der Waals surface area (Å²) in [7, 11) is 0. The number of benzene rings is 1. The molecule has 0 aromatic heterocycles. The quantitative estimate of drug-likeness (QED) is 0.714. The molecule has 1 heterocycles. The maximum atomic E-state index is 11.3. The third-order valence-corrected chi connectivity index (χ3v) is 3.86. The van der Waals surface area contributed by atoms with Crippen molar-refractivity contribution in [1.82, 2.24) is 4.90 Å². The van der Waals surface area contributed by atoms with Gasteiger partial charge in [-0.2, -0.15) is 0 Å². The van der Waals surface area contributed by atoms with E-state index < -0.39 is 5.91 Å². The standard InChI is InChI=1S/C15H24N4O/c1-2-8-19-9-6-11(7-10-19)18-13-5-3-4-12(14(13)16)15(17)20/h3-5,11,18H,2,6-10,16H2,1H3,(H2,17,20). The van der Waals surface area contributed by atoms with Crippen molar-refractivity contribution in [3.05, 3.63) is 23.8 Å². The molecular weight excluding hydrogens is 252 g/mol. The number of hydrogen-bond acceptors (Lipinski definition) is 4. The molecule has 5 nitrogen and oxygen atoms in total. The number of likely N-dealkylation sites (tertiary alicyclic amines) is 1. The monoisotopic (exact) mass is 276 g/mol. The van der Waals surface area contributed by atoms with Crippen LogP contribution >= 0.6 is 0 Å². The van der Waals surface area contributed by atoms with Crippen molar-refractivity contribution in [2.75, 3.05) is 30.7 Å². The summed E-state index contributed by atoms with van der Waals surface area (Å²) in [5, 5.41) is 3.45. The van der Waals surface area contributed by atoms with Crippen LogP contribution in [0.5, 0.6) is 0 Å². The number of nitrogens with two attached hydrogens (primary N) is 2. The van der Waals surface area contributed by atoms with E-state index in [1.54, 1.807) is 6.07 Å². The Hall–Kier alpha value is -1.75. The summed E-state index contributed by atoms with van der Waals surface area (Å²) in [6.45, 7) is 5.61. The number of carbonyl (C=O) groups excluding carboxylic acids is 1. The smallest absolute Gasteiger partial charge is 0.250 e. The van der Waals surface area contributed by atoms with Crippen LogP contribution in [0.25, 0.3) is 0 Å². The summed E-state index contributed by atoms with van der Waals surface area (Å²) in [6.07, 6.45) is 3.40. The molecule has 0 spiro atoms. The fourth-order valence-electron chi connectivity index (χ4n) is 2.74. The lowest BCUT2D eigenvalue weighted by Gasteiger charge is -2.32. The van der Waals surface area contributed by atoms with Crippen LogP contribution in [0.15, 0.2) is 18.2 Å². The van der Waals surface area contributed by atoms with E-state index in [2.05, 4.69) is 17.1 Å². The largest absolute Gasteiger partial charge is 0.396 e. The van der Waals surface area contributed by atoms with Gasteiger partial charge >= 0.3 is 0 Å². The molecule has 2 rings (SSSR count). The minimum absolute atomic E-state index is 0.387. The Labute approximate surface area is 120 Å². The zero-order chi connectivity index (χ0) is 14.5. The minimum Gasteiger partial charge on any atom is -0.396 e. The first-order chi connectivity index (χ1) is 9.61. The molecule has 1 aromatic carbocycles. The second-order valence-electron chi connectivity index (χ2n) is 5.39. The molecule has 0 aliphatic carbocycles. The van der Waals surface area contributed by atoms with Gasteiger partial charge in [-0.25, -0.2) is 0 Å². The second-order valence-corrected chi connectivity index (χ2v) is 5.39. The predicted octanol–water partition coefficient (Wildman–Crippen LogP) is 1.65. The fourth-order valence-corrected chi connectivity index (χ4v) is 2.74. The molecule has 5 heteroatoms. The molecule has 1 aliphatic rings. The lowest BCUT2D eigenvalue weighted by Crippen LogP contribution is -2.39. The van der Waals surface area contributed by atoms with Crippen LogP contribution in [0.1, 0.15) is 36.5 Å². The van der Waals surface area contributed by atoms with E-state index in [9.17, 15) is 4.79 Å². The first kappa shape index (κ1) is 14.7. The SMILES string of the molecule is CCCN1CCC(Nc2cccc(C(N)=O)c2N)CC1. The maximum absolute atomic E-state index is 11.3. The minimum atomic E-state index is -0.482. The highest BCUT2D eigenvalue weighted by molar-refractivity contribution is 6.00. The summed E-state index contributed by atoms with van der Waals surface area (Å²) in [4.78, 5) is 13.8. The zero-order valence-corrected chi connectivity index (χ0v) is 12.1. The Morgan fingerprint density at radius 1 is 1.40 bits per heavy atom. The highest BCUT2D eigenvalue weighted by Gasteiger charge is 2.19. The van der Waals surface area contributed by atoms with E-state index in [1.807, 2.05) is 12.1 Å². The number of nitrogens with zero attached hydrogens (tertiary/aromatic N) is 1. The van der Waals surface area contributed by atoms with Crippen molar-refractivity contribution in [1.29, 1.82) is 0 Å². The van der Waals surface area contributed by atoms with Gasteiger partial charge in [-0.1, -0.05) is 13.0 Å². The molecule has 1 amide bonds. The molecule has 0 radical (unpaired) electrons. The van der Waals surface area contributed by atoms with Crippen LogP contribution in [0.4, 0.5) is 11.4 Å².